The predicted molar refractivity (Wildman–Crippen MR) is 61.8 cm³/mol. The summed E-state index contributed by atoms with van der Waals surface area (Å²) in [6, 6.07) is 0.652. The fourth-order valence-electron chi connectivity index (χ4n) is 1.98. The molecule has 2 rings (SSSR count). The highest BCUT2D eigenvalue weighted by atomic mass is 15.3. The highest BCUT2D eigenvalue weighted by Gasteiger charge is 2.19. The lowest BCUT2D eigenvalue weighted by molar-refractivity contribution is 0.102. The Morgan fingerprint density at radius 1 is 1.12 bits per heavy atom. The predicted octanol–water partition coefficient (Wildman–Crippen LogP) is 0.398. The number of rotatable bonds is 3. The zero-order valence-electron chi connectivity index (χ0n) is 10.0. The van der Waals surface area contributed by atoms with Crippen molar-refractivity contribution in [2.75, 3.05) is 26.2 Å². The van der Waals surface area contributed by atoms with E-state index >= 15 is 0 Å². The van der Waals surface area contributed by atoms with E-state index in [1.54, 1.807) is 12.7 Å². The summed E-state index contributed by atoms with van der Waals surface area (Å²) in [4.78, 5) is 17.0. The molecule has 1 fully saturated rings. The molecule has 16 heavy (non-hydrogen) atoms. The lowest BCUT2D eigenvalue weighted by Gasteiger charge is -2.36. The zero-order chi connectivity index (χ0) is 11.4. The van der Waals surface area contributed by atoms with Crippen LogP contribution in [0.1, 0.15) is 19.7 Å². The third-order valence-electron chi connectivity index (χ3n) is 3.05. The van der Waals surface area contributed by atoms with E-state index in [4.69, 9.17) is 0 Å². The first-order chi connectivity index (χ1) is 7.75. The van der Waals surface area contributed by atoms with Gasteiger partial charge >= 0.3 is 0 Å². The van der Waals surface area contributed by atoms with Crippen LogP contribution in [0.3, 0.4) is 0 Å². The Balaban J connectivity index is 1.82. The van der Waals surface area contributed by atoms with Crippen molar-refractivity contribution < 1.29 is 0 Å². The maximum Gasteiger partial charge on any atom is 0.145 e. The van der Waals surface area contributed by atoms with Gasteiger partial charge in [-0.3, -0.25) is 9.80 Å². The third-order valence-corrected chi connectivity index (χ3v) is 3.05. The molecule has 88 valence electrons. The Morgan fingerprint density at radius 2 is 1.75 bits per heavy atom. The standard InChI is InChI=1S/C11H19N5/c1-10(2)16-5-3-15(4-6-16)7-11-13-8-12-9-14-11/h8-10H,3-7H2,1-2H3. The van der Waals surface area contributed by atoms with Crippen LogP contribution in [0.5, 0.6) is 0 Å². The summed E-state index contributed by atoms with van der Waals surface area (Å²) in [7, 11) is 0. The first-order valence-electron chi connectivity index (χ1n) is 5.83. The molecule has 0 radical (unpaired) electrons. The number of hydrogen-bond donors (Lipinski definition) is 0. The molecule has 0 spiro atoms. The van der Waals surface area contributed by atoms with E-state index in [0.717, 1.165) is 38.5 Å². The molecule has 0 unspecified atom stereocenters. The van der Waals surface area contributed by atoms with Gasteiger partial charge in [-0.05, 0) is 13.8 Å². The summed E-state index contributed by atoms with van der Waals surface area (Å²) in [5, 5.41) is 0. The maximum absolute atomic E-state index is 4.15. The van der Waals surface area contributed by atoms with E-state index < -0.39 is 0 Å². The van der Waals surface area contributed by atoms with Crippen molar-refractivity contribution in [1.82, 2.24) is 24.8 Å². The summed E-state index contributed by atoms with van der Waals surface area (Å²) in [5.74, 6) is 0.869. The zero-order valence-corrected chi connectivity index (χ0v) is 10.0. The molecule has 1 aliphatic rings. The van der Waals surface area contributed by atoms with Gasteiger partial charge in [0, 0.05) is 32.2 Å². The third kappa shape index (κ3) is 2.96. The molecule has 5 nitrogen and oxygen atoms in total. The molecular weight excluding hydrogens is 202 g/mol. The van der Waals surface area contributed by atoms with E-state index in [0.29, 0.717) is 6.04 Å². The fraction of sp³-hybridized carbons (Fsp3) is 0.727. The molecule has 0 N–H and O–H groups in total. The van der Waals surface area contributed by atoms with Gasteiger partial charge in [-0.1, -0.05) is 0 Å². The van der Waals surface area contributed by atoms with Crippen LogP contribution in [0.4, 0.5) is 0 Å². The van der Waals surface area contributed by atoms with Crippen LogP contribution in [0, 0.1) is 0 Å². The molecular formula is C11H19N5. The van der Waals surface area contributed by atoms with Crippen LogP contribution in [0.25, 0.3) is 0 Å². The van der Waals surface area contributed by atoms with Gasteiger partial charge in [0.25, 0.3) is 0 Å². The monoisotopic (exact) mass is 221 g/mol. The minimum absolute atomic E-state index is 0.652. The molecule has 0 atom stereocenters. The van der Waals surface area contributed by atoms with Crippen LogP contribution in [-0.2, 0) is 6.54 Å². The molecule has 1 aliphatic heterocycles. The van der Waals surface area contributed by atoms with Crippen molar-refractivity contribution in [3.05, 3.63) is 18.5 Å². The van der Waals surface area contributed by atoms with Gasteiger partial charge in [0.1, 0.15) is 18.5 Å². The van der Waals surface area contributed by atoms with Crippen molar-refractivity contribution in [2.24, 2.45) is 0 Å². The van der Waals surface area contributed by atoms with Crippen molar-refractivity contribution >= 4 is 0 Å². The van der Waals surface area contributed by atoms with Crippen LogP contribution in [-0.4, -0.2) is 57.0 Å². The lowest BCUT2D eigenvalue weighted by Crippen LogP contribution is -2.48. The average Bonchev–Trinajstić information content (AvgIpc) is 2.31. The van der Waals surface area contributed by atoms with Gasteiger partial charge in [-0.15, -0.1) is 0 Å². The summed E-state index contributed by atoms with van der Waals surface area (Å²) < 4.78 is 0. The van der Waals surface area contributed by atoms with E-state index in [1.165, 1.54) is 0 Å². The molecule has 1 aromatic heterocycles. The molecule has 2 heterocycles. The number of nitrogens with zero attached hydrogens (tertiary/aromatic N) is 5. The molecule has 1 aromatic rings. The second kappa shape index (κ2) is 5.32. The van der Waals surface area contributed by atoms with Crippen molar-refractivity contribution in [1.29, 1.82) is 0 Å². The number of hydrogen-bond acceptors (Lipinski definition) is 5. The highest BCUT2D eigenvalue weighted by molar-refractivity contribution is 4.84. The minimum atomic E-state index is 0.652. The van der Waals surface area contributed by atoms with Gasteiger partial charge < -0.3 is 0 Å². The van der Waals surface area contributed by atoms with E-state index in [9.17, 15) is 0 Å². The SMILES string of the molecule is CC(C)N1CCN(Cc2ncncn2)CC1. The quantitative estimate of drug-likeness (QED) is 0.739. The summed E-state index contributed by atoms with van der Waals surface area (Å²) in [6.45, 7) is 9.83. The van der Waals surface area contributed by atoms with Gasteiger partial charge in [0.15, 0.2) is 0 Å². The average molecular weight is 221 g/mol. The minimum Gasteiger partial charge on any atom is -0.298 e. The Kier molecular flexibility index (Phi) is 3.79. The van der Waals surface area contributed by atoms with Crippen molar-refractivity contribution in [2.45, 2.75) is 26.4 Å². The smallest absolute Gasteiger partial charge is 0.145 e. The molecule has 5 heteroatoms. The molecule has 1 saturated heterocycles. The maximum atomic E-state index is 4.15. The molecule has 0 saturated carbocycles. The highest BCUT2D eigenvalue weighted by Crippen LogP contribution is 2.07. The summed E-state index contributed by atoms with van der Waals surface area (Å²) >= 11 is 0. The van der Waals surface area contributed by atoms with Crippen molar-refractivity contribution in [3.8, 4) is 0 Å². The summed E-state index contributed by atoms with van der Waals surface area (Å²) in [5.41, 5.74) is 0. The van der Waals surface area contributed by atoms with E-state index in [-0.39, 0.29) is 0 Å². The molecule has 0 aromatic carbocycles. The van der Waals surface area contributed by atoms with Gasteiger partial charge in [0.2, 0.25) is 0 Å². The number of piperazine rings is 1. The van der Waals surface area contributed by atoms with Gasteiger partial charge in [-0.25, -0.2) is 15.0 Å². The molecule has 0 aliphatic carbocycles. The van der Waals surface area contributed by atoms with Crippen LogP contribution >= 0.6 is 0 Å². The van der Waals surface area contributed by atoms with Crippen LogP contribution in [0.2, 0.25) is 0 Å². The Hall–Kier alpha value is -1.07. The second-order valence-corrected chi connectivity index (χ2v) is 4.46. The first kappa shape index (κ1) is 11.4. The topological polar surface area (TPSA) is 45.2 Å². The van der Waals surface area contributed by atoms with Gasteiger partial charge in [0.05, 0.1) is 6.54 Å². The van der Waals surface area contributed by atoms with Crippen LogP contribution < -0.4 is 0 Å². The fourth-order valence-corrected chi connectivity index (χ4v) is 1.98. The van der Waals surface area contributed by atoms with Crippen LogP contribution in [0.15, 0.2) is 12.7 Å². The Bertz CT molecular complexity index is 305. The number of aromatic nitrogens is 3. The molecule has 0 amide bonds. The normalized spacial score (nSPS) is 19.2. The Morgan fingerprint density at radius 3 is 2.31 bits per heavy atom. The molecule has 0 bridgehead atoms. The van der Waals surface area contributed by atoms with E-state index in [1.807, 2.05) is 0 Å². The van der Waals surface area contributed by atoms with E-state index in [2.05, 4.69) is 38.6 Å². The Labute approximate surface area is 96.5 Å². The lowest BCUT2D eigenvalue weighted by atomic mass is 10.2. The van der Waals surface area contributed by atoms with Gasteiger partial charge in [-0.2, -0.15) is 0 Å². The summed E-state index contributed by atoms with van der Waals surface area (Å²) in [6.07, 6.45) is 3.12. The first-order valence-corrected chi connectivity index (χ1v) is 5.83. The second-order valence-electron chi connectivity index (χ2n) is 4.46. The largest absolute Gasteiger partial charge is 0.298 e. The van der Waals surface area contributed by atoms with Crippen molar-refractivity contribution in [3.63, 3.8) is 0 Å².